The second-order valence-electron chi connectivity index (χ2n) is 5.86. The van der Waals surface area contributed by atoms with Crippen LogP contribution in [0, 0.1) is 5.92 Å². The van der Waals surface area contributed by atoms with Gasteiger partial charge in [0.25, 0.3) is 0 Å². The Labute approximate surface area is 122 Å². The minimum atomic E-state index is -0.125. The van der Waals surface area contributed by atoms with E-state index in [1.54, 1.807) is 0 Å². The van der Waals surface area contributed by atoms with E-state index in [1.165, 1.54) is 6.42 Å². The van der Waals surface area contributed by atoms with Gasteiger partial charge in [0.15, 0.2) is 0 Å². The van der Waals surface area contributed by atoms with Gasteiger partial charge < -0.3 is 20.5 Å². The number of aliphatic hydroxyl groups is 1. The number of carbonyl (C=O) groups is 1. The number of hydrogen-bond donors (Lipinski definition) is 3. The molecule has 1 aliphatic carbocycles. The molecule has 0 spiro atoms. The molecule has 118 valence electrons. The highest BCUT2D eigenvalue weighted by Crippen LogP contribution is 2.22. The Morgan fingerprint density at radius 2 is 2.05 bits per heavy atom. The summed E-state index contributed by atoms with van der Waals surface area (Å²) in [7, 11) is 0. The molecule has 1 rings (SSSR count). The topological polar surface area (TPSA) is 70.6 Å². The van der Waals surface area contributed by atoms with E-state index in [-0.39, 0.29) is 30.7 Å². The summed E-state index contributed by atoms with van der Waals surface area (Å²) in [6, 6.07) is -0.0192. The smallest absolute Gasteiger partial charge is 0.315 e. The summed E-state index contributed by atoms with van der Waals surface area (Å²) in [6.07, 6.45) is 6.50. The molecule has 0 aromatic rings. The van der Waals surface area contributed by atoms with Gasteiger partial charge in [0.2, 0.25) is 0 Å². The predicted octanol–water partition coefficient (Wildman–Crippen LogP) is 2.04. The van der Waals surface area contributed by atoms with Gasteiger partial charge in [-0.05, 0) is 33.1 Å². The summed E-state index contributed by atoms with van der Waals surface area (Å²) in [4.78, 5) is 11.8. The first-order valence-corrected chi connectivity index (χ1v) is 7.90. The Hall–Kier alpha value is -0.810. The van der Waals surface area contributed by atoms with Gasteiger partial charge in [-0.15, -0.1) is 0 Å². The van der Waals surface area contributed by atoms with Crippen LogP contribution in [0.3, 0.4) is 0 Å². The van der Waals surface area contributed by atoms with Crippen LogP contribution in [-0.2, 0) is 4.74 Å². The predicted molar refractivity (Wildman–Crippen MR) is 79.7 cm³/mol. The lowest BCUT2D eigenvalue weighted by Gasteiger charge is -2.24. The number of rotatable bonds is 7. The van der Waals surface area contributed by atoms with E-state index in [0.717, 1.165) is 32.1 Å². The maximum Gasteiger partial charge on any atom is 0.315 e. The molecule has 0 aliphatic heterocycles. The molecule has 1 aliphatic rings. The zero-order valence-electron chi connectivity index (χ0n) is 12.9. The first kappa shape index (κ1) is 17.2. The van der Waals surface area contributed by atoms with Crippen LogP contribution in [-0.4, -0.2) is 43.0 Å². The largest absolute Gasteiger partial charge is 0.396 e. The highest BCUT2D eigenvalue weighted by Gasteiger charge is 2.24. The SMILES string of the molecule is CC(C)OCCCNC(=O)NC1CCCCCC1CO. The third-order valence-corrected chi connectivity index (χ3v) is 3.77. The van der Waals surface area contributed by atoms with E-state index in [1.807, 2.05) is 13.8 Å². The number of nitrogens with one attached hydrogen (secondary N) is 2. The van der Waals surface area contributed by atoms with Crippen molar-refractivity contribution in [1.29, 1.82) is 0 Å². The fourth-order valence-corrected chi connectivity index (χ4v) is 2.61. The van der Waals surface area contributed by atoms with Gasteiger partial charge in [0, 0.05) is 31.7 Å². The second-order valence-corrected chi connectivity index (χ2v) is 5.86. The van der Waals surface area contributed by atoms with Crippen LogP contribution >= 0.6 is 0 Å². The number of ether oxygens (including phenoxy) is 1. The van der Waals surface area contributed by atoms with Crippen LogP contribution < -0.4 is 10.6 Å². The molecule has 0 saturated heterocycles. The Balaban J connectivity index is 2.19. The average Bonchev–Trinajstić information content (AvgIpc) is 2.63. The van der Waals surface area contributed by atoms with E-state index in [0.29, 0.717) is 13.2 Å². The van der Waals surface area contributed by atoms with Crippen LogP contribution in [0.1, 0.15) is 52.4 Å². The molecule has 5 nitrogen and oxygen atoms in total. The van der Waals surface area contributed by atoms with E-state index in [2.05, 4.69) is 10.6 Å². The second kappa shape index (κ2) is 10.00. The van der Waals surface area contributed by atoms with Crippen molar-refractivity contribution >= 4 is 6.03 Å². The maximum atomic E-state index is 11.8. The minimum Gasteiger partial charge on any atom is -0.396 e. The first-order chi connectivity index (χ1) is 9.63. The van der Waals surface area contributed by atoms with Gasteiger partial charge in [0.05, 0.1) is 6.10 Å². The summed E-state index contributed by atoms with van der Waals surface area (Å²) >= 11 is 0. The molecule has 0 bridgehead atoms. The molecule has 20 heavy (non-hydrogen) atoms. The maximum absolute atomic E-state index is 11.8. The van der Waals surface area contributed by atoms with E-state index in [9.17, 15) is 9.90 Å². The number of urea groups is 1. The van der Waals surface area contributed by atoms with Gasteiger partial charge in [0.1, 0.15) is 0 Å². The van der Waals surface area contributed by atoms with Crippen molar-refractivity contribution in [2.24, 2.45) is 5.92 Å². The van der Waals surface area contributed by atoms with Crippen LogP contribution in [0.2, 0.25) is 0 Å². The third kappa shape index (κ3) is 7.10. The van der Waals surface area contributed by atoms with Crippen LogP contribution in [0.15, 0.2) is 0 Å². The quantitative estimate of drug-likeness (QED) is 0.495. The highest BCUT2D eigenvalue weighted by atomic mass is 16.5. The molecular weight excluding hydrogens is 256 g/mol. The number of carbonyl (C=O) groups excluding carboxylic acids is 1. The molecule has 0 heterocycles. The summed E-state index contributed by atoms with van der Waals surface area (Å²) < 4.78 is 5.42. The molecular formula is C15H30N2O3. The lowest BCUT2D eigenvalue weighted by atomic mass is 9.96. The Kier molecular flexibility index (Phi) is 8.62. The van der Waals surface area contributed by atoms with Gasteiger partial charge in [-0.25, -0.2) is 4.79 Å². The van der Waals surface area contributed by atoms with Crippen molar-refractivity contribution in [2.45, 2.75) is 64.5 Å². The van der Waals surface area contributed by atoms with Crippen molar-refractivity contribution in [1.82, 2.24) is 10.6 Å². The molecule has 3 N–H and O–H groups in total. The highest BCUT2D eigenvalue weighted by molar-refractivity contribution is 5.74. The van der Waals surface area contributed by atoms with Crippen molar-refractivity contribution in [3.8, 4) is 0 Å². The number of hydrogen-bond acceptors (Lipinski definition) is 3. The van der Waals surface area contributed by atoms with Crippen LogP contribution in [0.4, 0.5) is 4.79 Å². The van der Waals surface area contributed by atoms with Crippen LogP contribution in [0.25, 0.3) is 0 Å². The summed E-state index contributed by atoms with van der Waals surface area (Å²) in [5, 5.41) is 15.3. The zero-order valence-corrected chi connectivity index (χ0v) is 12.9. The van der Waals surface area contributed by atoms with Crippen molar-refractivity contribution in [2.75, 3.05) is 19.8 Å². The van der Waals surface area contributed by atoms with Gasteiger partial charge >= 0.3 is 6.03 Å². The molecule has 0 aromatic heterocycles. The summed E-state index contributed by atoms with van der Waals surface area (Å²) in [5.41, 5.74) is 0. The van der Waals surface area contributed by atoms with Crippen molar-refractivity contribution in [3.05, 3.63) is 0 Å². The standard InChI is InChI=1S/C15H30N2O3/c1-12(2)20-10-6-9-16-15(19)17-14-8-5-3-4-7-13(14)11-18/h12-14,18H,3-11H2,1-2H3,(H2,16,17,19). The Morgan fingerprint density at radius 1 is 1.30 bits per heavy atom. The first-order valence-electron chi connectivity index (χ1n) is 7.90. The number of amides is 2. The lowest BCUT2D eigenvalue weighted by Crippen LogP contribution is -2.46. The fraction of sp³-hybridized carbons (Fsp3) is 0.933. The molecule has 0 aromatic carbocycles. The van der Waals surface area contributed by atoms with E-state index in [4.69, 9.17) is 4.74 Å². The summed E-state index contributed by atoms with van der Waals surface area (Å²) in [5.74, 6) is 0.201. The Morgan fingerprint density at radius 3 is 2.75 bits per heavy atom. The fourth-order valence-electron chi connectivity index (χ4n) is 2.61. The van der Waals surface area contributed by atoms with Crippen LogP contribution in [0.5, 0.6) is 0 Å². The zero-order chi connectivity index (χ0) is 14.8. The molecule has 0 radical (unpaired) electrons. The third-order valence-electron chi connectivity index (χ3n) is 3.77. The van der Waals surface area contributed by atoms with Gasteiger partial charge in [-0.3, -0.25) is 0 Å². The molecule has 1 saturated carbocycles. The van der Waals surface area contributed by atoms with Gasteiger partial charge in [-0.1, -0.05) is 19.3 Å². The van der Waals surface area contributed by atoms with Crippen molar-refractivity contribution in [3.63, 3.8) is 0 Å². The van der Waals surface area contributed by atoms with E-state index >= 15 is 0 Å². The molecule has 2 atom stereocenters. The number of aliphatic hydroxyl groups excluding tert-OH is 1. The summed E-state index contributed by atoms with van der Waals surface area (Å²) in [6.45, 7) is 5.45. The average molecular weight is 286 g/mol. The molecule has 1 fully saturated rings. The van der Waals surface area contributed by atoms with E-state index < -0.39 is 0 Å². The lowest BCUT2D eigenvalue weighted by molar-refractivity contribution is 0.0773. The van der Waals surface area contributed by atoms with Crippen molar-refractivity contribution < 1.29 is 14.6 Å². The molecule has 2 amide bonds. The Bertz CT molecular complexity index is 272. The monoisotopic (exact) mass is 286 g/mol. The molecule has 2 unspecified atom stereocenters. The minimum absolute atomic E-state index is 0.106. The van der Waals surface area contributed by atoms with Gasteiger partial charge in [-0.2, -0.15) is 0 Å². The normalized spacial score (nSPS) is 23.4. The molecule has 5 heteroatoms.